The average molecular weight is 441 g/mol. The second-order valence-corrected chi connectivity index (χ2v) is 8.64. The van der Waals surface area contributed by atoms with E-state index in [-0.39, 0.29) is 5.91 Å². The third-order valence-electron chi connectivity index (χ3n) is 4.69. The summed E-state index contributed by atoms with van der Waals surface area (Å²) in [5.74, 6) is -0.148. The zero-order valence-corrected chi connectivity index (χ0v) is 18.2. The highest BCUT2D eigenvalue weighted by Crippen LogP contribution is 2.36. The highest BCUT2D eigenvalue weighted by Gasteiger charge is 2.33. The molecule has 29 heavy (non-hydrogen) atoms. The van der Waals surface area contributed by atoms with Gasteiger partial charge in [0.15, 0.2) is 4.32 Å². The van der Waals surface area contributed by atoms with Crippen molar-refractivity contribution in [2.45, 2.75) is 20.4 Å². The molecular weight excluding hydrogens is 424 g/mol. The molecule has 0 N–H and O–H groups in total. The normalized spacial score (nSPS) is 15.6. The van der Waals surface area contributed by atoms with Crippen LogP contribution in [-0.4, -0.2) is 25.0 Å². The van der Waals surface area contributed by atoms with Crippen LogP contribution in [0.25, 0.3) is 6.08 Å². The molecule has 1 aliphatic rings. The Kier molecular flexibility index (Phi) is 5.54. The van der Waals surface area contributed by atoms with E-state index < -0.39 is 0 Å². The first-order valence-electron chi connectivity index (χ1n) is 8.91. The second kappa shape index (κ2) is 8.10. The maximum atomic E-state index is 13.0. The smallest absolute Gasteiger partial charge is 0.268 e. The van der Waals surface area contributed by atoms with Gasteiger partial charge in [0.1, 0.15) is 0 Å². The van der Waals surface area contributed by atoms with Crippen LogP contribution in [0.1, 0.15) is 22.5 Å². The van der Waals surface area contributed by atoms with E-state index in [4.69, 9.17) is 23.8 Å². The van der Waals surface area contributed by atoms with Crippen LogP contribution in [0, 0.1) is 13.8 Å². The maximum Gasteiger partial charge on any atom is 0.270 e. The molecule has 1 amide bonds. The molecule has 146 valence electrons. The lowest BCUT2D eigenvalue weighted by molar-refractivity contribution is -0.113. The summed E-state index contributed by atoms with van der Waals surface area (Å²) < 4.78 is 2.40. The van der Waals surface area contributed by atoms with Crippen molar-refractivity contribution in [1.82, 2.24) is 14.8 Å². The maximum absolute atomic E-state index is 13.0. The predicted molar refractivity (Wildman–Crippen MR) is 122 cm³/mol. The van der Waals surface area contributed by atoms with Gasteiger partial charge in [-0.05, 0) is 43.7 Å². The molecule has 0 saturated carbocycles. The van der Waals surface area contributed by atoms with Crippen LogP contribution in [0.5, 0.6) is 0 Å². The summed E-state index contributed by atoms with van der Waals surface area (Å²) in [6, 6.07) is 11.3. The van der Waals surface area contributed by atoms with Crippen molar-refractivity contribution in [3.8, 4) is 0 Å². The summed E-state index contributed by atoms with van der Waals surface area (Å²) >= 11 is 13.0. The lowest BCUT2D eigenvalue weighted by Gasteiger charge is -2.13. The molecule has 1 aliphatic heterocycles. The molecular formula is C21H17ClN4OS2. The monoisotopic (exact) mass is 440 g/mol. The van der Waals surface area contributed by atoms with E-state index in [1.807, 2.05) is 54.9 Å². The molecule has 0 spiro atoms. The number of rotatable bonds is 4. The van der Waals surface area contributed by atoms with E-state index in [0.29, 0.717) is 26.5 Å². The molecule has 0 bridgehead atoms. The highest BCUT2D eigenvalue weighted by molar-refractivity contribution is 8.27. The van der Waals surface area contributed by atoms with Gasteiger partial charge in [0.05, 0.1) is 29.0 Å². The highest BCUT2D eigenvalue weighted by atomic mass is 35.5. The van der Waals surface area contributed by atoms with Crippen LogP contribution in [0.4, 0.5) is 5.69 Å². The number of benzene rings is 1. The molecule has 1 fully saturated rings. The Morgan fingerprint density at radius 3 is 2.72 bits per heavy atom. The minimum absolute atomic E-state index is 0.148. The van der Waals surface area contributed by atoms with Crippen molar-refractivity contribution in [2.75, 3.05) is 4.90 Å². The number of hydrogen-bond acceptors (Lipinski definition) is 5. The van der Waals surface area contributed by atoms with Gasteiger partial charge in [-0.25, -0.2) is 0 Å². The Morgan fingerprint density at radius 2 is 2.00 bits per heavy atom. The Balaban J connectivity index is 1.65. The van der Waals surface area contributed by atoms with Crippen molar-refractivity contribution in [1.29, 1.82) is 0 Å². The summed E-state index contributed by atoms with van der Waals surface area (Å²) in [4.78, 5) is 19.1. The molecule has 0 unspecified atom stereocenters. The number of aromatic nitrogens is 3. The van der Waals surface area contributed by atoms with Gasteiger partial charge in [0.2, 0.25) is 0 Å². The molecule has 3 aromatic rings. The van der Waals surface area contributed by atoms with E-state index in [2.05, 4.69) is 10.1 Å². The van der Waals surface area contributed by atoms with Crippen molar-refractivity contribution in [2.24, 2.45) is 0 Å². The van der Waals surface area contributed by atoms with Crippen LogP contribution in [-0.2, 0) is 11.3 Å². The van der Waals surface area contributed by atoms with E-state index >= 15 is 0 Å². The molecule has 1 aromatic carbocycles. The van der Waals surface area contributed by atoms with E-state index in [1.54, 1.807) is 18.5 Å². The Bertz CT molecular complexity index is 1140. The van der Waals surface area contributed by atoms with Gasteiger partial charge in [-0.3, -0.25) is 19.4 Å². The number of anilines is 1. The third kappa shape index (κ3) is 3.85. The SMILES string of the molecule is Cc1nn(Cc2ccccc2Cl)c(C)c1/C=C1\SC(=S)N(c2cccnc2)C1=O. The van der Waals surface area contributed by atoms with Gasteiger partial charge in [0, 0.05) is 22.5 Å². The molecule has 1 saturated heterocycles. The van der Waals surface area contributed by atoms with Gasteiger partial charge in [-0.2, -0.15) is 5.10 Å². The Morgan fingerprint density at radius 1 is 1.21 bits per heavy atom. The van der Waals surface area contributed by atoms with Gasteiger partial charge in [0.25, 0.3) is 5.91 Å². The van der Waals surface area contributed by atoms with Gasteiger partial charge in [-0.15, -0.1) is 0 Å². The molecule has 5 nitrogen and oxygen atoms in total. The summed E-state index contributed by atoms with van der Waals surface area (Å²) in [5, 5.41) is 5.35. The van der Waals surface area contributed by atoms with Crippen molar-refractivity contribution >= 4 is 57.6 Å². The average Bonchev–Trinajstić information content (AvgIpc) is 3.14. The van der Waals surface area contributed by atoms with E-state index in [9.17, 15) is 4.79 Å². The van der Waals surface area contributed by atoms with E-state index in [0.717, 1.165) is 22.5 Å². The number of pyridine rings is 1. The zero-order valence-electron chi connectivity index (χ0n) is 15.8. The Labute approximate surface area is 183 Å². The largest absolute Gasteiger partial charge is 0.270 e. The van der Waals surface area contributed by atoms with Crippen molar-refractivity contribution < 1.29 is 4.79 Å². The van der Waals surface area contributed by atoms with Crippen LogP contribution in [0.2, 0.25) is 5.02 Å². The first-order valence-corrected chi connectivity index (χ1v) is 10.5. The summed E-state index contributed by atoms with van der Waals surface area (Å²) in [6.07, 6.45) is 5.17. The fraction of sp³-hybridized carbons (Fsp3) is 0.143. The summed E-state index contributed by atoms with van der Waals surface area (Å²) in [7, 11) is 0. The minimum Gasteiger partial charge on any atom is -0.268 e. The molecule has 4 rings (SSSR count). The quantitative estimate of drug-likeness (QED) is 0.422. The minimum atomic E-state index is -0.148. The van der Waals surface area contributed by atoms with Crippen LogP contribution in [0.15, 0.2) is 53.7 Å². The lowest BCUT2D eigenvalue weighted by Crippen LogP contribution is -2.27. The zero-order chi connectivity index (χ0) is 20.5. The lowest BCUT2D eigenvalue weighted by atomic mass is 10.1. The fourth-order valence-electron chi connectivity index (χ4n) is 3.17. The van der Waals surface area contributed by atoms with E-state index in [1.165, 1.54) is 16.7 Å². The van der Waals surface area contributed by atoms with Gasteiger partial charge >= 0.3 is 0 Å². The van der Waals surface area contributed by atoms with Gasteiger partial charge < -0.3 is 0 Å². The summed E-state index contributed by atoms with van der Waals surface area (Å²) in [6.45, 7) is 4.49. The molecule has 2 aromatic heterocycles. The standard InChI is InChI=1S/C21H17ClN4OS2/c1-13-17(14(2)25(24-13)12-15-6-3-4-8-18(15)22)10-19-20(27)26(21(28)29-19)16-7-5-9-23-11-16/h3-11H,12H2,1-2H3/b19-10-. The number of nitrogens with zero attached hydrogens (tertiary/aromatic N) is 4. The molecule has 0 aliphatic carbocycles. The number of aryl methyl sites for hydroxylation is 1. The molecule has 8 heteroatoms. The number of carbonyl (C=O) groups excluding carboxylic acids is 1. The molecule has 0 radical (unpaired) electrons. The number of amides is 1. The third-order valence-corrected chi connectivity index (χ3v) is 6.36. The van der Waals surface area contributed by atoms with Crippen LogP contribution in [0.3, 0.4) is 0 Å². The summed E-state index contributed by atoms with van der Waals surface area (Å²) in [5.41, 5.74) is 4.40. The van der Waals surface area contributed by atoms with Crippen LogP contribution < -0.4 is 4.90 Å². The first kappa shape index (κ1) is 19.8. The fourth-order valence-corrected chi connectivity index (χ4v) is 4.65. The van der Waals surface area contributed by atoms with Crippen LogP contribution >= 0.6 is 35.6 Å². The number of halogens is 1. The first-order chi connectivity index (χ1) is 14.0. The second-order valence-electron chi connectivity index (χ2n) is 6.56. The van der Waals surface area contributed by atoms with Crippen molar-refractivity contribution in [3.05, 3.63) is 81.2 Å². The number of carbonyl (C=O) groups is 1. The predicted octanol–water partition coefficient (Wildman–Crippen LogP) is 5.00. The number of hydrogen-bond donors (Lipinski definition) is 0. The van der Waals surface area contributed by atoms with Crippen molar-refractivity contribution in [3.63, 3.8) is 0 Å². The number of thioether (sulfide) groups is 1. The molecule has 0 atom stereocenters. The Hall–Kier alpha value is -2.48. The number of thiocarbonyl (C=S) groups is 1. The topological polar surface area (TPSA) is 51.0 Å². The molecule has 3 heterocycles. The van der Waals surface area contributed by atoms with Gasteiger partial charge in [-0.1, -0.05) is 53.8 Å².